The van der Waals surface area contributed by atoms with E-state index in [1.165, 1.54) is 44.9 Å². The number of Topliss-reactive ketones (excluding diaryl/α,β-unsaturated/α-hetero) is 1. The normalized spacial score (nSPS) is 60.1. The van der Waals surface area contributed by atoms with Crippen LogP contribution >= 0.6 is 0 Å². The first kappa shape index (κ1) is 20.2. The fraction of sp³-hybridized carbons (Fsp3) is 0.963. The van der Waals surface area contributed by atoms with Crippen molar-refractivity contribution in [1.82, 2.24) is 5.32 Å². The molecule has 0 radical (unpaired) electrons. The predicted molar refractivity (Wildman–Crippen MR) is 119 cm³/mol. The first-order chi connectivity index (χ1) is 14.3. The van der Waals surface area contributed by atoms with Crippen LogP contribution in [0.5, 0.6) is 0 Å². The van der Waals surface area contributed by atoms with Crippen molar-refractivity contribution in [1.29, 1.82) is 0 Å². The minimum absolute atomic E-state index is 0.0416. The Morgan fingerprint density at radius 2 is 1.80 bits per heavy atom. The van der Waals surface area contributed by atoms with Crippen LogP contribution in [0.2, 0.25) is 0 Å². The molecule has 30 heavy (non-hydrogen) atoms. The van der Waals surface area contributed by atoms with Crippen molar-refractivity contribution in [2.75, 3.05) is 6.54 Å². The quantitative estimate of drug-likeness (QED) is 0.564. The van der Waals surface area contributed by atoms with Gasteiger partial charge in [0.05, 0.1) is 6.10 Å². The third-order valence-corrected chi connectivity index (χ3v) is 12.0. The Labute approximate surface area is 183 Å². The summed E-state index contributed by atoms with van der Waals surface area (Å²) in [6.45, 7) is 11.2. The van der Waals surface area contributed by atoms with Gasteiger partial charge in [-0.2, -0.15) is 0 Å². The highest BCUT2D eigenvalue weighted by molar-refractivity contribution is 5.79. The Morgan fingerprint density at radius 1 is 0.967 bits per heavy atom. The van der Waals surface area contributed by atoms with E-state index >= 15 is 0 Å². The van der Waals surface area contributed by atoms with Crippen molar-refractivity contribution in [3.05, 3.63) is 0 Å². The molecule has 168 valence electrons. The van der Waals surface area contributed by atoms with Gasteiger partial charge in [0.25, 0.3) is 0 Å². The fourth-order valence-electron chi connectivity index (χ4n) is 10.2. The lowest BCUT2D eigenvalue weighted by atomic mass is 9.44. The summed E-state index contributed by atoms with van der Waals surface area (Å²) < 4.78 is 7.00. The zero-order valence-electron chi connectivity index (χ0n) is 19.7. The summed E-state index contributed by atoms with van der Waals surface area (Å²) in [5.74, 6) is 5.89. The average Bonchev–Trinajstić information content (AvgIpc) is 3.16. The van der Waals surface area contributed by atoms with Gasteiger partial charge in [0.15, 0.2) is 0 Å². The van der Waals surface area contributed by atoms with Crippen LogP contribution in [0.1, 0.15) is 91.9 Å². The van der Waals surface area contributed by atoms with Gasteiger partial charge in [-0.05, 0) is 97.7 Å². The molecule has 3 nitrogen and oxygen atoms in total. The van der Waals surface area contributed by atoms with E-state index in [4.69, 9.17) is 4.74 Å². The lowest BCUT2D eigenvalue weighted by Gasteiger charge is -2.60. The SMILES string of the molecule is C[C@H]1CC[C@]2(NC1)O[C@H]1C[C@H]3[C@@H]4CC[C@H]5CC(=O)CC[C@]5(C)[C@H]4CC[C@]3(C)[C@H]1[C@@H]2C. The van der Waals surface area contributed by atoms with Crippen LogP contribution < -0.4 is 5.32 Å². The van der Waals surface area contributed by atoms with Crippen LogP contribution in [0.4, 0.5) is 0 Å². The molecule has 3 heteroatoms. The summed E-state index contributed by atoms with van der Waals surface area (Å²) >= 11 is 0. The Balaban J connectivity index is 1.26. The second-order valence-corrected chi connectivity index (χ2v) is 13.1. The second kappa shape index (κ2) is 6.56. The topological polar surface area (TPSA) is 38.3 Å². The molecular weight excluding hydrogens is 370 g/mol. The van der Waals surface area contributed by atoms with E-state index in [1.54, 1.807) is 0 Å². The van der Waals surface area contributed by atoms with E-state index in [9.17, 15) is 4.79 Å². The molecule has 6 rings (SSSR count). The van der Waals surface area contributed by atoms with Crippen LogP contribution in [0.3, 0.4) is 0 Å². The molecular formula is C27H43NO2. The molecule has 0 aromatic heterocycles. The maximum Gasteiger partial charge on any atom is 0.133 e. The van der Waals surface area contributed by atoms with Gasteiger partial charge in [0, 0.05) is 25.3 Å². The van der Waals surface area contributed by atoms with Crippen molar-refractivity contribution >= 4 is 5.78 Å². The standard InChI is InChI=1S/C27H43NO2/c1-16-7-12-27(28-15-16)17(2)24-23(30-27)14-22-20-6-5-18-13-19(29)8-10-25(18,3)21(20)9-11-26(22,24)4/h16-18,20-24,28H,5-15H2,1-4H3/t16-,17-,18-,20+,21-,22-,23-,24-,25-,26-,27-/m0/s1. The van der Waals surface area contributed by atoms with Crippen molar-refractivity contribution < 1.29 is 9.53 Å². The number of ketones is 1. The molecule has 2 aliphatic heterocycles. The Morgan fingerprint density at radius 3 is 2.57 bits per heavy atom. The maximum absolute atomic E-state index is 12.2. The van der Waals surface area contributed by atoms with E-state index in [0.717, 1.165) is 55.4 Å². The van der Waals surface area contributed by atoms with Gasteiger partial charge in [-0.3, -0.25) is 10.1 Å². The Hall–Kier alpha value is -0.410. The van der Waals surface area contributed by atoms with Crippen molar-refractivity contribution in [3.63, 3.8) is 0 Å². The predicted octanol–water partition coefficient (Wildman–Crippen LogP) is 5.58. The summed E-state index contributed by atoms with van der Waals surface area (Å²) in [5, 5.41) is 3.88. The van der Waals surface area contributed by atoms with Crippen molar-refractivity contribution in [3.8, 4) is 0 Å². The van der Waals surface area contributed by atoms with E-state index < -0.39 is 0 Å². The second-order valence-electron chi connectivity index (χ2n) is 13.1. The van der Waals surface area contributed by atoms with Crippen LogP contribution in [0.25, 0.3) is 0 Å². The van der Waals surface area contributed by atoms with Crippen LogP contribution in [0.15, 0.2) is 0 Å². The number of hydrogen-bond donors (Lipinski definition) is 1. The fourth-order valence-corrected chi connectivity index (χ4v) is 10.2. The van der Waals surface area contributed by atoms with Crippen LogP contribution in [-0.4, -0.2) is 24.2 Å². The highest BCUT2D eigenvalue weighted by Crippen LogP contribution is 2.70. The zero-order chi connectivity index (χ0) is 20.9. The first-order valence-corrected chi connectivity index (χ1v) is 13.2. The van der Waals surface area contributed by atoms with Gasteiger partial charge in [-0.15, -0.1) is 0 Å². The first-order valence-electron chi connectivity index (χ1n) is 13.2. The molecule has 2 saturated heterocycles. The van der Waals surface area contributed by atoms with Gasteiger partial charge < -0.3 is 4.74 Å². The lowest BCUT2D eigenvalue weighted by Crippen LogP contribution is -2.57. The summed E-state index contributed by atoms with van der Waals surface area (Å²) in [5.41, 5.74) is 0.831. The van der Waals surface area contributed by atoms with Gasteiger partial charge in [-0.1, -0.05) is 27.7 Å². The third-order valence-electron chi connectivity index (χ3n) is 12.0. The summed E-state index contributed by atoms with van der Waals surface area (Å²) in [7, 11) is 0. The summed E-state index contributed by atoms with van der Waals surface area (Å²) in [6, 6.07) is 0. The summed E-state index contributed by atoms with van der Waals surface area (Å²) in [6.07, 6.45) is 12.6. The molecule has 0 unspecified atom stereocenters. The summed E-state index contributed by atoms with van der Waals surface area (Å²) in [4.78, 5) is 12.2. The van der Waals surface area contributed by atoms with E-state index in [0.29, 0.717) is 34.6 Å². The number of fused-ring (bicyclic) bond motifs is 7. The zero-order valence-corrected chi connectivity index (χ0v) is 19.7. The monoisotopic (exact) mass is 413 g/mol. The van der Waals surface area contributed by atoms with Crippen LogP contribution in [0, 0.1) is 52.3 Å². The molecule has 4 aliphatic carbocycles. The largest absolute Gasteiger partial charge is 0.357 e. The molecule has 0 aromatic carbocycles. The van der Waals surface area contributed by atoms with Crippen molar-refractivity contribution in [2.45, 2.75) is 104 Å². The number of carbonyl (C=O) groups excluding carboxylic acids is 1. The van der Waals surface area contributed by atoms with E-state index in [1.807, 2.05) is 0 Å². The average molecular weight is 414 g/mol. The van der Waals surface area contributed by atoms with Gasteiger partial charge in [0.1, 0.15) is 11.5 Å². The molecule has 1 N–H and O–H groups in total. The molecule has 0 aromatic rings. The Kier molecular flexibility index (Phi) is 4.42. The number of ether oxygens (including phenoxy) is 1. The molecule has 6 fully saturated rings. The van der Waals surface area contributed by atoms with Crippen molar-refractivity contribution in [2.24, 2.45) is 52.3 Å². The van der Waals surface area contributed by atoms with E-state index in [2.05, 4.69) is 33.0 Å². The number of carbonyl (C=O) groups is 1. The highest BCUT2D eigenvalue weighted by Gasteiger charge is 2.68. The smallest absolute Gasteiger partial charge is 0.133 e. The van der Waals surface area contributed by atoms with Gasteiger partial charge >= 0.3 is 0 Å². The minimum Gasteiger partial charge on any atom is -0.357 e. The highest BCUT2D eigenvalue weighted by atomic mass is 16.5. The lowest BCUT2D eigenvalue weighted by molar-refractivity contribution is -0.144. The Bertz CT molecular complexity index is 726. The molecule has 0 bridgehead atoms. The number of rotatable bonds is 0. The molecule has 1 spiro atoms. The molecule has 11 atom stereocenters. The molecule has 6 aliphatic rings. The van der Waals surface area contributed by atoms with Crippen LogP contribution in [-0.2, 0) is 9.53 Å². The number of hydrogen-bond acceptors (Lipinski definition) is 3. The third kappa shape index (κ3) is 2.54. The molecule has 2 heterocycles. The molecule has 4 saturated carbocycles. The maximum atomic E-state index is 12.2. The van der Waals surface area contributed by atoms with Gasteiger partial charge in [-0.25, -0.2) is 0 Å². The number of piperidine rings is 1. The number of nitrogens with one attached hydrogen (secondary N) is 1. The van der Waals surface area contributed by atoms with E-state index in [-0.39, 0.29) is 5.72 Å². The minimum atomic E-state index is -0.0416. The van der Waals surface area contributed by atoms with Gasteiger partial charge in [0.2, 0.25) is 0 Å². The molecule has 0 amide bonds.